The van der Waals surface area contributed by atoms with Crippen LogP contribution >= 0.6 is 0 Å². The topological polar surface area (TPSA) is 43.3 Å². The van der Waals surface area contributed by atoms with Gasteiger partial charge in [0.25, 0.3) is 0 Å². The third kappa shape index (κ3) is 6.10. The van der Waals surface area contributed by atoms with Crippen molar-refractivity contribution in [2.45, 2.75) is 6.54 Å². The molecule has 0 atom stereocenters. The van der Waals surface area contributed by atoms with Crippen molar-refractivity contribution in [3.63, 3.8) is 0 Å². The highest BCUT2D eigenvalue weighted by Gasteiger charge is 2.20. The monoisotopic (exact) mass is 413 g/mol. The lowest BCUT2D eigenvalue weighted by molar-refractivity contribution is 0.259. The van der Waals surface area contributed by atoms with Gasteiger partial charge < -0.3 is 24.8 Å². The number of aliphatic imine (C=N–C) groups is 1. The summed E-state index contributed by atoms with van der Waals surface area (Å²) in [5.41, 5.74) is 2.17. The maximum absolute atomic E-state index is 13.2. The van der Waals surface area contributed by atoms with Crippen LogP contribution in [0.2, 0.25) is 0 Å². The highest BCUT2D eigenvalue weighted by atomic mass is 19.1. The smallest absolute Gasteiger partial charge is 0.194 e. The second-order valence-corrected chi connectivity index (χ2v) is 7.61. The molecule has 1 heterocycles. The van der Waals surface area contributed by atoms with Crippen LogP contribution in [0.3, 0.4) is 0 Å². The third-order valence-corrected chi connectivity index (χ3v) is 5.19. The second kappa shape index (κ2) is 10.8. The number of hydrogen-bond acceptors (Lipinski definition) is 4. The maximum Gasteiger partial charge on any atom is 0.194 e. The van der Waals surface area contributed by atoms with E-state index in [1.54, 1.807) is 0 Å². The van der Waals surface area contributed by atoms with Gasteiger partial charge in [-0.3, -0.25) is 4.99 Å². The van der Waals surface area contributed by atoms with Crippen molar-refractivity contribution in [3.8, 4) is 5.75 Å². The first-order chi connectivity index (χ1) is 14.6. The molecule has 0 bridgehead atoms. The minimum absolute atomic E-state index is 0.201. The van der Waals surface area contributed by atoms with Crippen molar-refractivity contribution in [1.29, 1.82) is 0 Å². The Morgan fingerprint density at radius 1 is 1.07 bits per heavy atom. The number of halogens is 1. The molecule has 0 aliphatic carbocycles. The van der Waals surface area contributed by atoms with Crippen molar-refractivity contribution in [2.75, 3.05) is 65.4 Å². The summed E-state index contributed by atoms with van der Waals surface area (Å²) in [7, 11) is 5.89. The van der Waals surface area contributed by atoms with E-state index in [4.69, 9.17) is 4.74 Å². The number of hydrogen-bond donors (Lipinski definition) is 1. The molecule has 7 heteroatoms. The summed E-state index contributed by atoms with van der Waals surface area (Å²) >= 11 is 0. The highest BCUT2D eigenvalue weighted by molar-refractivity contribution is 5.80. The zero-order valence-electron chi connectivity index (χ0n) is 18.1. The van der Waals surface area contributed by atoms with Crippen LogP contribution in [0, 0.1) is 5.82 Å². The molecule has 162 valence electrons. The summed E-state index contributed by atoms with van der Waals surface area (Å²) in [4.78, 5) is 11.1. The fourth-order valence-electron chi connectivity index (χ4n) is 3.46. The van der Waals surface area contributed by atoms with Gasteiger partial charge in [0, 0.05) is 57.6 Å². The van der Waals surface area contributed by atoms with Gasteiger partial charge in [0.05, 0.1) is 0 Å². The van der Waals surface area contributed by atoms with Crippen LogP contribution in [0.5, 0.6) is 5.75 Å². The van der Waals surface area contributed by atoms with Gasteiger partial charge in [-0.25, -0.2) is 4.39 Å². The third-order valence-electron chi connectivity index (χ3n) is 5.19. The molecule has 0 amide bonds. The molecule has 1 fully saturated rings. The Labute approximate surface area is 179 Å². The van der Waals surface area contributed by atoms with Crippen LogP contribution in [0.1, 0.15) is 5.56 Å². The number of guanidine groups is 1. The van der Waals surface area contributed by atoms with Crippen LogP contribution in [-0.2, 0) is 6.54 Å². The van der Waals surface area contributed by atoms with Crippen molar-refractivity contribution in [1.82, 2.24) is 15.1 Å². The van der Waals surface area contributed by atoms with Gasteiger partial charge >= 0.3 is 0 Å². The van der Waals surface area contributed by atoms with Crippen molar-refractivity contribution in [3.05, 3.63) is 59.9 Å². The average molecular weight is 414 g/mol. The first-order valence-corrected chi connectivity index (χ1v) is 10.4. The maximum atomic E-state index is 13.2. The number of benzene rings is 2. The van der Waals surface area contributed by atoms with E-state index in [-0.39, 0.29) is 5.82 Å². The Morgan fingerprint density at radius 3 is 2.43 bits per heavy atom. The Balaban J connectivity index is 1.53. The molecule has 0 unspecified atom stereocenters. The Kier molecular flexibility index (Phi) is 7.90. The molecule has 1 aliphatic heterocycles. The van der Waals surface area contributed by atoms with Crippen molar-refractivity contribution < 1.29 is 9.13 Å². The predicted molar refractivity (Wildman–Crippen MR) is 121 cm³/mol. The van der Waals surface area contributed by atoms with Gasteiger partial charge in [0.1, 0.15) is 18.2 Å². The molecule has 30 heavy (non-hydrogen) atoms. The summed E-state index contributed by atoms with van der Waals surface area (Å²) in [6, 6.07) is 14.8. The summed E-state index contributed by atoms with van der Waals surface area (Å²) in [6.45, 7) is 5.65. The highest BCUT2D eigenvalue weighted by Crippen LogP contribution is 2.19. The minimum Gasteiger partial charge on any atom is -0.492 e. The van der Waals surface area contributed by atoms with Crippen LogP contribution in [0.25, 0.3) is 0 Å². The fraction of sp³-hybridized carbons (Fsp3) is 0.435. The van der Waals surface area contributed by atoms with E-state index in [0.29, 0.717) is 13.2 Å². The number of likely N-dealkylation sites (N-methyl/N-ethyl adjacent to an activating group) is 1. The van der Waals surface area contributed by atoms with E-state index < -0.39 is 0 Å². The summed E-state index contributed by atoms with van der Waals surface area (Å²) in [6.07, 6.45) is 0. The van der Waals surface area contributed by atoms with Crippen LogP contribution in [0.4, 0.5) is 10.1 Å². The molecule has 2 aromatic carbocycles. The number of ether oxygens (including phenoxy) is 1. The van der Waals surface area contributed by atoms with Gasteiger partial charge in [-0.2, -0.15) is 0 Å². The van der Waals surface area contributed by atoms with Crippen molar-refractivity contribution >= 4 is 11.6 Å². The number of anilines is 1. The van der Waals surface area contributed by atoms with Crippen LogP contribution < -0.4 is 15.0 Å². The first kappa shape index (κ1) is 21.9. The molecule has 0 aromatic heterocycles. The fourth-order valence-corrected chi connectivity index (χ4v) is 3.46. The molecule has 1 N–H and O–H groups in total. The van der Waals surface area contributed by atoms with Gasteiger partial charge in [0.15, 0.2) is 5.96 Å². The second-order valence-electron chi connectivity index (χ2n) is 7.61. The minimum atomic E-state index is -0.201. The van der Waals surface area contributed by atoms with Crippen molar-refractivity contribution in [2.24, 2.45) is 4.99 Å². The number of rotatable bonds is 7. The predicted octanol–water partition coefficient (Wildman–Crippen LogP) is 2.66. The zero-order chi connectivity index (χ0) is 21.3. The Bertz CT molecular complexity index is 817. The molecule has 0 radical (unpaired) electrons. The van der Waals surface area contributed by atoms with E-state index in [1.165, 1.54) is 12.1 Å². The quantitative estimate of drug-likeness (QED) is 0.559. The molecule has 0 saturated carbocycles. The largest absolute Gasteiger partial charge is 0.492 e. The molecule has 1 aliphatic rings. The molecule has 6 nitrogen and oxygen atoms in total. The zero-order valence-corrected chi connectivity index (χ0v) is 18.1. The standard InChI is InChI=1S/C23H32FN5O/c1-25-23(26-18-19-6-4-5-7-22(19)30-17-16-27(2)3)29-14-12-28(13-15-29)21-10-8-20(24)9-11-21/h4-11H,12-18H2,1-3H3,(H,25,26). The Hall–Kier alpha value is -2.80. The summed E-state index contributed by atoms with van der Waals surface area (Å²) in [5.74, 6) is 1.59. The van der Waals surface area contributed by atoms with Gasteiger partial charge in [0.2, 0.25) is 0 Å². The number of nitrogens with zero attached hydrogens (tertiary/aromatic N) is 4. The summed E-state index contributed by atoms with van der Waals surface area (Å²) in [5, 5.41) is 3.47. The van der Waals surface area contributed by atoms with E-state index in [9.17, 15) is 4.39 Å². The van der Waals surface area contributed by atoms with E-state index >= 15 is 0 Å². The van der Waals surface area contributed by atoms with E-state index in [2.05, 4.69) is 31.1 Å². The molecular weight excluding hydrogens is 381 g/mol. The molecule has 0 spiro atoms. The lowest BCUT2D eigenvalue weighted by atomic mass is 10.2. The number of para-hydroxylation sites is 1. The molecule has 2 aromatic rings. The van der Waals surface area contributed by atoms with Crippen LogP contribution in [-0.4, -0.2) is 76.2 Å². The average Bonchev–Trinajstić information content (AvgIpc) is 2.76. The lowest BCUT2D eigenvalue weighted by Gasteiger charge is -2.37. The van der Waals surface area contributed by atoms with E-state index in [0.717, 1.165) is 55.7 Å². The van der Waals surface area contributed by atoms with Crippen LogP contribution in [0.15, 0.2) is 53.5 Å². The van der Waals surface area contributed by atoms with Gasteiger partial charge in [-0.05, 0) is 44.4 Å². The lowest BCUT2D eigenvalue weighted by Crippen LogP contribution is -2.52. The molecule has 1 saturated heterocycles. The SMILES string of the molecule is CN=C(NCc1ccccc1OCCN(C)C)N1CCN(c2ccc(F)cc2)CC1. The summed E-state index contributed by atoms with van der Waals surface area (Å²) < 4.78 is 19.1. The Morgan fingerprint density at radius 2 is 1.77 bits per heavy atom. The molecule has 3 rings (SSSR count). The molecular formula is C23H32FN5O. The normalized spacial score (nSPS) is 14.9. The van der Waals surface area contributed by atoms with E-state index in [1.807, 2.05) is 51.5 Å². The van der Waals surface area contributed by atoms with Gasteiger partial charge in [-0.1, -0.05) is 18.2 Å². The van der Waals surface area contributed by atoms with Gasteiger partial charge in [-0.15, -0.1) is 0 Å². The number of nitrogens with one attached hydrogen (secondary N) is 1. The number of piperazine rings is 1. The first-order valence-electron chi connectivity index (χ1n) is 10.4.